The van der Waals surface area contributed by atoms with E-state index < -0.39 is 0 Å². The first-order valence-corrected chi connectivity index (χ1v) is 9.95. The number of hydrogen-bond donors (Lipinski definition) is 2. The Morgan fingerprint density at radius 3 is 2.54 bits per heavy atom. The lowest BCUT2D eigenvalue weighted by Crippen LogP contribution is -2.64. The molecular formula is C18H36N6. The van der Waals surface area contributed by atoms with Crippen LogP contribution in [-0.2, 0) is 0 Å². The third kappa shape index (κ3) is 4.61. The molecule has 0 amide bonds. The Morgan fingerprint density at radius 2 is 1.88 bits per heavy atom. The van der Waals surface area contributed by atoms with Crippen LogP contribution in [0.3, 0.4) is 0 Å². The molecule has 0 aliphatic carbocycles. The fourth-order valence-corrected chi connectivity index (χ4v) is 4.49. The first-order valence-electron chi connectivity index (χ1n) is 9.95. The fraction of sp³-hybridized carbons (Fsp3) is 0.944. The Labute approximate surface area is 147 Å². The van der Waals surface area contributed by atoms with Gasteiger partial charge in [0.2, 0.25) is 0 Å². The quantitative estimate of drug-likeness (QED) is 0.544. The summed E-state index contributed by atoms with van der Waals surface area (Å²) < 4.78 is 0. The van der Waals surface area contributed by atoms with E-state index in [4.69, 9.17) is 0 Å². The van der Waals surface area contributed by atoms with Gasteiger partial charge in [-0.2, -0.15) is 0 Å². The monoisotopic (exact) mass is 336 g/mol. The molecule has 0 saturated carbocycles. The Bertz CT molecular complexity index is 404. The number of guanidine groups is 1. The lowest BCUT2D eigenvalue weighted by atomic mass is 10.0. The van der Waals surface area contributed by atoms with Crippen molar-refractivity contribution in [2.75, 3.05) is 66.0 Å². The number of fused-ring (bicyclic) bond motifs is 3. The van der Waals surface area contributed by atoms with Crippen LogP contribution in [0, 0.1) is 0 Å². The van der Waals surface area contributed by atoms with Crippen LogP contribution in [0.4, 0.5) is 0 Å². The van der Waals surface area contributed by atoms with Crippen LogP contribution in [0.2, 0.25) is 0 Å². The van der Waals surface area contributed by atoms with Gasteiger partial charge in [0, 0.05) is 71.5 Å². The molecule has 4 heterocycles. The Hall–Kier alpha value is -0.850. The summed E-state index contributed by atoms with van der Waals surface area (Å²) in [5, 5.41) is 7.05. The van der Waals surface area contributed by atoms with Gasteiger partial charge in [0.25, 0.3) is 0 Å². The third-order valence-electron chi connectivity index (χ3n) is 6.03. The number of piperazine rings is 3. The van der Waals surface area contributed by atoms with Crippen molar-refractivity contribution in [1.29, 1.82) is 0 Å². The number of hydrogen-bond acceptors (Lipinski definition) is 4. The van der Waals surface area contributed by atoms with Gasteiger partial charge in [-0.15, -0.1) is 0 Å². The van der Waals surface area contributed by atoms with Gasteiger partial charge in [-0.3, -0.25) is 19.7 Å². The molecule has 0 spiro atoms. The lowest BCUT2D eigenvalue weighted by Gasteiger charge is -2.47. The second kappa shape index (κ2) is 9.02. The highest BCUT2D eigenvalue weighted by Crippen LogP contribution is 2.18. The van der Waals surface area contributed by atoms with E-state index in [0.717, 1.165) is 31.6 Å². The predicted octanol–water partition coefficient (Wildman–Crippen LogP) is 0.416. The second-order valence-corrected chi connectivity index (χ2v) is 7.46. The molecule has 138 valence electrons. The van der Waals surface area contributed by atoms with E-state index in [-0.39, 0.29) is 0 Å². The van der Waals surface area contributed by atoms with Crippen LogP contribution in [0.15, 0.2) is 4.99 Å². The van der Waals surface area contributed by atoms with Crippen LogP contribution in [-0.4, -0.2) is 98.7 Å². The average Bonchev–Trinajstić information content (AvgIpc) is 2.65. The molecule has 6 heteroatoms. The minimum absolute atomic E-state index is 0.637. The average molecular weight is 337 g/mol. The zero-order chi connectivity index (χ0) is 16.8. The highest BCUT2D eigenvalue weighted by atomic mass is 15.4. The van der Waals surface area contributed by atoms with E-state index in [9.17, 15) is 0 Å². The maximum atomic E-state index is 4.40. The Balaban J connectivity index is 1.36. The van der Waals surface area contributed by atoms with Crippen molar-refractivity contribution in [1.82, 2.24) is 25.3 Å². The van der Waals surface area contributed by atoms with Gasteiger partial charge in [-0.25, -0.2) is 0 Å². The number of aliphatic imine (C=N–C) groups is 1. The van der Waals surface area contributed by atoms with Crippen molar-refractivity contribution in [2.45, 2.75) is 44.7 Å². The van der Waals surface area contributed by atoms with Crippen molar-refractivity contribution >= 4 is 5.96 Å². The van der Waals surface area contributed by atoms with E-state index in [1.165, 1.54) is 65.0 Å². The Morgan fingerprint density at radius 1 is 1.04 bits per heavy atom. The zero-order valence-corrected chi connectivity index (χ0v) is 15.6. The zero-order valence-electron chi connectivity index (χ0n) is 15.6. The van der Waals surface area contributed by atoms with Gasteiger partial charge in [-0.05, 0) is 25.8 Å². The standard InChI is InChI=1S/C18H36N6/c1-3-16-6-4-5-8-23(16)9-7-20-18(19-2)21-14-17-15-22-10-12-24(17)13-11-22/h16-17H,3-15H2,1-2H3,(H2,19,20,21). The highest BCUT2D eigenvalue weighted by molar-refractivity contribution is 5.79. The summed E-state index contributed by atoms with van der Waals surface area (Å²) in [5.74, 6) is 0.956. The van der Waals surface area contributed by atoms with E-state index in [2.05, 4.69) is 37.2 Å². The first-order chi connectivity index (χ1) is 11.8. The van der Waals surface area contributed by atoms with Crippen LogP contribution in [0.25, 0.3) is 0 Å². The molecule has 0 aromatic carbocycles. The van der Waals surface area contributed by atoms with Gasteiger partial charge in [-0.1, -0.05) is 13.3 Å². The smallest absolute Gasteiger partial charge is 0.191 e. The van der Waals surface area contributed by atoms with E-state index in [0.29, 0.717) is 6.04 Å². The number of piperidine rings is 1. The third-order valence-corrected chi connectivity index (χ3v) is 6.03. The normalized spacial score (nSPS) is 34.3. The summed E-state index contributed by atoms with van der Waals surface area (Å²) in [5.41, 5.74) is 0. The predicted molar refractivity (Wildman–Crippen MR) is 101 cm³/mol. The van der Waals surface area contributed by atoms with Gasteiger partial charge >= 0.3 is 0 Å². The lowest BCUT2D eigenvalue weighted by molar-refractivity contribution is 0.0154. The van der Waals surface area contributed by atoms with Crippen molar-refractivity contribution in [3.8, 4) is 0 Å². The van der Waals surface area contributed by atoms with Crippen LogP contribution in [0.5, 0.6) is 0 Å². The number of nitrogens with zero attached hydrogens (tertiary/aromatic N) is 4. The molecule has 4 saturated heterocycles. The summed E-state index contributed by atoms with van der Waals surface area (Å²) in [7, 11) is 1.88. The molecule has 4 aliphatic heterocycles. The molecule has 2 N–H and O–H groups in total. The molecule has 2 bridgehead atoms. The van der Waals surface area contributed by atoms with Gasteiger partial charge in [0.05, 0.1) is 0 Å². The van der Waals surface area contributed by atoms with E-state index in [1.54, 1.807) is 0 Å². The minimum atomic E-state index is 0.637. The van der Waals surface area contributed by atoms with Crippen LogP contribution >= 0.6 is 0 Å². The number of nitrogens with one attached hydrogen (secondary N) is 2. The molecule has 2 atom stereocenters. The van der Waals surface area contributed by atoms with Gasteiger partial charge in [0.1, 0.15) is 0 Å². The first kappa shape index (κ1) is 18.0. The van der Waals surface area contributed by atoms with Crippen molar-refractivity contribution < 1.29 is 0 Å². The molecule has 2 unspecified atom stereocenters. The topological polar surface area (TPSA) is 46.1 Å². The minimum Gasteiger partial charge on any atom is -0.355 e. The van der Waals surface area contributed by atoms with Gasteiger partial charge in [0.15, 0.2) is 5.96 Å². The van der Waals surface area contributed by atoms with E-state index in [1.807, 2.05) is 7.05 Å². The molecule has 0 aromatic rings. The summed E-state index contributed by atoms with van der Waals surface area (Å²) in [4.78, 5) is 12.3. The largest absolute Gasteiger partial charge is 0.355 e. The molecular weight excluding hydrogens is 300 g/mol. The second-order valence-electron chi connectivity index (χ2n) is 7.46. The Kier molecular flexibility index (Phi) is 6.75. The highest BCUT2D eigenvalue weighted by Gasteiger charge is 2.31. The SMILES string of the molecule is CCC1CCCCN1CCNC(=NC)NCC1CN2CCN1CC2. The summed E-state index contributed by atoms with van der Waals surface area (Å²) in [6.45, 7) is 12.8. The summed E-state index contributed by atoms with van der Waals surface area (Å²) >= 11 is 0. The number of rotatable bonds is 6. The fourth-order valence-electron chi connectivity index (χ4n) is 4.49. The maximum absolute atomic E-state index is 4.40. The van der Waals surface area contributed by atoms with Crippen LogP contribution in [0.1, 0.15) is 32.6 Å². The molecule has 4 fully saturated rings. The summed E-state index contributed by atoms with van der Waals surface area (Å²) in [6, 6.07) is 1.42. The van der Waals surface area contributed by atoms with Gasteiger partial charge < -0.3 is 10.6 Å². The molecule has 4 aliphatic rings. The van der Waals surface area contributed by atoms with Crippen molar-refractivity contribution in [3.63, 3.8) is 0 Å². The maximum Gasteiger partial charge on any atom is 0.191 e. The number of likely N-dealkylation sites (tertiary alicyclic amines) is 1. The van der Waals surface area contributed by atoms with E-state index >= 15 is 0 Å². The molecule has 0 aromatic heterocycles. The van der Waals surface area contributed by atoms with Crippen LogP contribution < -0.4 is 10.6 Å². The van der Waals surface area contributed by atoms with Crippen molar-refractivity contribution in [2.24, 2.45) is 4.99 Å². The van der Waals surface area contributed by atoms with Crippen molar-refractivity contribution in [3.05, 3.63) is 0 Å². The summed E-state index contributed by atoms with van der Waals surface area (Å²) in [6.07, 6.45) is 5.41. The molecule has 0 radical (unpaired) electrons. The molecule has 4 rings (SSSR count). The molecule has 24 heavy (non-hydrogen) atoms. The molecule has 6 nitrogen and oxygen atoms in total.